The van der Waals surface area contributed by atoms with Gasteiger partial charge in [-0.15, -0.1) is 11.3 Å². The van der Waals surface area contributed by atoms with Gasteiger partial charge in [-0.05, 0) is 12.8 Å². The molecule has 3 heteroatoms. The molecule has 58 valence electrons. The van der Waals surface area contributed by atoms with Crippen LogP contribution in [-0.4, -0.2) is 11.5 Å². The topological polar surface area (TPSA) is 38.9 Å². The van der Waals surface area contributed by atoms with Gasteiger partial charge in [0.05, 0.1) is 0 Å². The molecule has 0 fully saturated rings. The highest BCUT2D eigenvalue weighted by Crippen LogP contribution is 2.08. The molecular weight excluding hydrogens is 156 g/mol. The number of hydrogen-bond acceptors (Lipinski definition) is 3. The predicted molar refractivity (Wildman–Crippen MR) is 47.4 cm³/mol. The SMILES string of the molecule is Cc1cnc(C#CCCN)s1. The van der Waals surface area contributed by atoms with Gasteiger partial charge in [0.1, 0.15) is 0 Å². The van der Waals surface area contributed by atoms with Gasteiger partial charge < -0.3 is 5.73 Å². The Bertz CT molecular complexity index is 280. The number of hydrogen-bond donors (Lipinski definition) is 1. The van der Waals surface area contributed by atoms with Gasteiger partial charge in [-0.3, -0.25) is 0 Å². The van der Waals surface area contributed by atoms with Crippen LogP contribution in [0.4, 0.5) is 0 Å². The van der Waals surface area contributed by atoms with Crippen LogP contribution in [-0.2, 0) is 0 Å². The van der Waals surface area contributed by atoms with Gasteiger partial charge in [-0.2, -0.15) is 0 Å². The minimum absolute atomic E-state index is 0.622. The Balaban J connectivity index is 2.59. The van der Waals surface area contributed by atoms with E-state index in [-0.39, 0.29) is 0 Å². The van der Waals surface area contributed by atoms with E-state index in [0.717, 1.165) is 11.4 Å². The maximum absolute atomic E-state index is 5.28. The molecule has 0 bridgehead atoms. The summed E-state index contributed by atoms with van der Waals surface area (Å²) < 4.78 is 0. The van der Waals surface area contributed by atoms with Crippen LogP contribution in [0.1, 0.15) is 16.3 Å². The summed E-state index contributed by atoms with van der Waals surface area (Å²) in [5, 5.41) is 0.885. The van der Waals surface area contributed by atoms with Gasteiger partial charge in [0.15, 0.2) is 5.01 Å². The summed E-state index contributed by atoms with van der Waals surface area (Å²) in [6, 6.07) is 0. The van der Waals surface area contributed by atoms with E-state index in [2.05, 4.69) is 16.8 Å². The summed E-state index contributed by atoms with van der Waals surface area (Å²) in [7, 11) is 0. The average molecular weight is 166 g/mol. The fourth-order valence-electron chi connectivity index (χ4n) is 0.623. The fourth-order valence-corrected chi connectivity index (χ4v) is 1.26. The molecule has 0 unspecified atom stereocenters. The van der Waals surface area contributed by atoms with Crippen molar-refractivity contribution >= 4 is 11.3 Å². The molecule has 1 rings (SSSR count). The molecule has 11 heavy (non-hydrogen) atoms. The van der Waals surface area contributed by atoms with Crippen molar-refractivity contribution in [2.24, 2.45) is 5.73 Å². The number of rotatable bonds is 1. The van der Waals surface area contributed by atoms with E-state index in [1.165, 1.54) is 4.88 Å². The first-order valence-electron chi connectivity index (χ1n) is 3.44. The molecule has 0 saturated heterocycles. The van der Waals surface area contributed by atoms with Crippen molar-refractivity contribution in [3.63, 3.8) is 0 Å². The lowest BCUT2D eigenvalue weighted by molar-refractivity contribution is 1.03. The van der Waals surface area contributed by atoms with Gasteiger partial charge in [0.25, 0.3) is 0 Å². The summed E-state index contributed by atoms with van der Waals surface area (Å²) in [4.78, 5) is 5.29. The lowest BCUT2D eigenvalue weighted by Crippen LogP contribution is -1.95. The van der Waals surface area contributed by atoms with Crippen LogP contribution in [0.2, 0.25) is 0 Å². The number of nitrogens with zero attached hydrogens (tertiary/aromatic N) is 1. The Morgan fingerprint density at radius 3 is 3.09 bits per heavy atom. The van der Waals surface area contributed by atoms with E-state index < -0.39 is 0 Å². The summed E-state index contributed by atoms with van der Waals surface area (Å²) >= 11 is 1.61. The number of thiazole rings is 1. The van der Waals surface area contributed by atoms with Crippen LogP contribution in [0.5, 0.6) is 0 Å². The summed E-state index contributed by atoms with van der Waals surface area (Å²) in [5.41, 5.74) is 5.28. The molecule has 0 saturated carbocycles. The number of aromatic nitrogens is 1. The van der Waals surface area contributed by atoms with E-state index in [1.807, 2.05) is 13.1 Å². The monoisotopic (exact) mass is 166 g/mol. The standard InChI is InChI=1S/C8H10N2S/c1-7-6-10-8(11-7)4-2-3-5-9/h6H,3,5,9H2,1H3. The molecule has 0 aliphatic rings. The van der Waals surface area contributed by atoms with Crippen molar-refractivity contribution in [1.29, 1.82) is 0 Å². The molecule has 0 radical (unpaired) electrons. The van der Waals surface area contributed by atoms with Crippen LogP contribution in [0.3, 0.4) is 0 Å². The van der Waals surface area contributed by atoms with Crippen LogP contribution in [0.15, 0.2) is 6.20 Å². The number of nitrogens with two attached hydrogens (primary N) is 1. The van der Waals surface area contributed by atoms with Gasteiger partial charge >= 0.3 is 0 Å². The van der Waals surface area contributed by atoms with Crippen LogP contribution in [0, 0.1) is 18.8 Å². The molecule has 1 aromatic heterocycles. The maximum Gasteiger partial charge on any atom is 0.167 e. The highest BCUT2D eigenvalue weighted by Gasteiger charge is 1.90. The molecule has 0 aromatic carbocycles. The van der Waals surface area contributed by atoms with Crippen molar-refractivity contribution in [1.82, 2.24) is 4.98 Å². The van der Waals surface area contributed by atoms with Gasteiger partial charge in [0, 0.05) is 24.0 Å². The van der Waals surface area contributed by atoms with E-state index >= 15 is 0 Å². The Labute approximate surface area is 70.5 Å². The minimum atomic E-state index is 0.622. The summed E-state index contributed by atoms with van der Waals surface area (Å²) in [6.45, 7) is 2.64. The molecule has 1 aromatic rings. The predicted octanol–water partition coefficient (Wildman–Crippen LogP) is 1.15. The second kappa shape index (κ2) is 4.12. The highest BCUT2D eigenvalue weighted by molar-refractivity contribution is 7.12. The molecule has 0 aliphatic heterocycles. The average Bonchev–Trinajstić information content (AvgIpc) is 2.37. The first-order chi connectivity index (χ1) is 5.33. The Morgan fingerprint density at radius 1 is 1.73 bits per heavy atom. The van der Waals surface area contributed by atoms with Crippen LogP contribution >= 0.6 is 11.3 Å². The van der Waals surface area contributed by atoms with Crippen molar-refractivity contribution in [3.8, 4) is 11.8 Å². The van der Waals surface area contributed by atoms with Crippen molar-refractivity contribution in [3.05, 3.63) is 16.1 Å². The molecule has 2 nitrogen and oxygen atoms in total. The zero-order valence-corrected chi connectivity index (χ0v) is 7.24. The summed E-state index contributed by atoms with van der Waals surface area (Å²) in [5.74, 6) is 5.88. The molecule has 0 atom stereocenters. The lowest BCUT2D eigenvalue weighted by Gasteiger charge is -1.77. The summed E-state index contributed by atoms with van der Waals surface area (Å²) in [6.07, 6.45) is 2.58. The zero-order chi connectivity index (χ0) is 8.10. The second-order valence-corrected chi connectivity index (χ2v) is 3.35. The molecule has 0 aliphatic carbocycles. The quantitative estimate of drug-likeness (QED) is 0.636. The first-order valence-corrected chi connectivity index (χ1v) is 4.26. The lowest BCUT2D eigenvalue weighted by atomic mass is 10.4. The minimum Gasteiger partial charge on any atom is -0.330 e. The van der Waals surface area contributed by atoms with E-state index in [9.17, 15) is 0 Å². The third-order valence-corrected chi connectivity index (χ3v) is 1.91. The smallest absolute Gasteiger partial charge is 0.167 e. The fraction of sp³-hybridized carbons (Fsp3) is 0.375. The molecule has 0 amide bonds. The van der Waals surface area contributed by atoms with Crippen molar-refractivity contribution in [2.75, 3.05) is 6.54 Å². The molecule has 2 N–H and O–H groups in total. The zero-order valence-electron chi connectivity index (χ0n) is 6.42. The second-order valence-electron chi connectivity index (χ2n) is 2.12. The molecular formula is C8H10N2S. The molecule has 0 spiro atoms. The maximum atomic E-state index is 5.28. The van der Waals surface area contributed by atoms with Gasteiger partial charge in [-0.25, -0.2) is 4.98 Å². The van der Waals surface area contributed by atoms with Crippen LogP contribution < -0.4 is 5.73 Å². The van der Waals surface area contributed by atoms with Crippen LogP contribution in [0.25, 0.3) is 0 Å². The van der Waals surface area contributed by atoms with E-state index in [1.54, 1.807) is 11.3 Å². The Morgan fingerprint density at radius 2 is 2.55 bits per heavy atom. The first kappa shape index (κ1) is 8.25. The van der Waals surface area contributed by atoms with E-state index in [0.29, 0.717) is 6.54 Å². The van der Waals surface area contributed by atoms with E-state index in [4.69, 9.17) is 5.73 Å². The highest BCUT2D eigenvalue weighted by atomic mass is 32.1. The molecule has 1 heterocycles. The van der Waals surface area contributed by atoms with Gasteiger partial charge in [-0.1, -0.05) is 5.92 Å². The van der Waals surface area contributed by atoms with Crippen molar-refractivity contribution < 1.29 is 0 Å². The van der Waals surface area contributed by atoms with Crippen molar-refractivity contribution in [2.45, 2.75) is 13.3 Å². The normalized spacial score (nSPS) is 8.91. The third kappa shape index (κ3) is 2.71. The Kier molecular flexibility index (Phi) is 3.09. The third-order valence-electron chi connectivity index (χ3n) is 1.09. The largest absolute Gasteiger partial charge is 0.330 e. The number of aryl methyl sites for hydroxylation is 1. The van der Waals surface area contributed by atoms with Gasteiger partial charge in [0.2, 0.25) is 0 Å². The Hall–Kier alpha value is -0.850.